The molecule has 2 atom stereocenters. The summed E-state index contributed by atoms with van der Waals surface area (Å²) in [7, 11) is -4.01. The number of Topliss-reactive ketones (excluding diaryl/α,β-unsaturated/α-hetero) is 2. The summed E-state index contributed by atoms with van der Waals surface area (Å²) >= 11 is 0. The number of carbonyl (C=O) groups excluding carboxylic acids is 2. The van der Waals surface area contributed by atoms with Crippen molar-refractivity contribution < 1.29 is 18.0 Å². The quantitative estimate of drug-likeness (QED) is 0.424. The lowest BCUT2D eigenvalue weighted by molar-refractivity contribution is 0.0611. The Kier molecular flexibility index (Phi) is 4.96. The highest BCUT2D eigenvalue weighted by Gasteiger charge is 2.68. The van der Waals surface area contributed by atoms with Crippen molar-refractivity contribution in [1.82, 2.24) is 4.31 Å². The Morgan fingerprint density at radius 3 is 1.97 bits per heavy atom. The molecule has 3 aromatic carbocycles. The molecule has 33 heavy (non-hydrogen) atoms. The molecular formula is C27H23NO4S. The molecule has 1 fully saturated rings. The van der Waals surface area contributed by atoms with Gasteiger partial charge in [0, 0.05) is 23.6 Å². The molecule has 6 heteroatoms. The number of hydrogen-bond donors (Lipinski definition) is 0. The number of benzene rings is 3. The summed E-state index contributed by atoms with van der Waals surface area (Å²) in [6.45, 7) is 5.77. The van der Waals surface area contributed by atoms with Gasteiger partial charge in [-0.2, -0.15) is 4.31 Å². The first-order valence-electron chi connectivity index (χ1n) is 10.8. The number of fused-ring (bicyclic) bond motifs is 1. The molecule has 2 aliphatic rings. The largest absolute Gasteiger partial charge is 0.293 e. The van der Waals surface area contributed by atoms with Gasteiger partial charge in [0.05, 0.1) is 10.9 Å². The second-order valence-electron chi connectivity index (χ2n) is 8.62. The molecule has 3 aromatic rings. The van der Waals surface area contributed by atoms with Crippen LogP contribution in [0, 0.1) is 18.3 Å². The summed E-state index contributed by atoms with van der Waals surface area (Å²) in [5.74, 6) is -1.36. The minimum atomic E-state index is -4.01. The second kappa shape index (κ2) is 7.61. The fourth-order valence-electron chi connectivity index (χ4n) is 5.29. The van der Waals surface area contributed by atoms with E-state index in [2.05, 4.69) is 6.58 Å². The van der Waals surface area contributed by atoms with Gasteiger partial charge in [0.25, 0.3) is 0 Å². The molecule has 0 aromatic heterocycles. The van der Waals surface area contributed by atoms with Gasteiger partial charge in [-0.05, 0) is 24.6 Å². The van der Waals surface area contributed by atoms with Crippen LogP contribution in [0.4, 0.5) is 0 Å². The molecule has 0 N–H and O–H groups in total. The van der Waals surface area contributed by atoms with Crippen LogP contribution in [0.3, 0.4) is 0 Å². The van der Waals surface area contributed by atoms with Gasteiger partial charge in [0.15, 0.2) is 11.6 Å². The number of rotatable bonds is 4. The van der Waals surface area contributed by atoms with E-state index in [1.165, 1.54) is 4.31 Å². The standard InChI is InChI=1S/C27H23NO4S/c1-3-20-17-28(33(31,32)21-15-13-18(2)14-16-21)24(19-9-5-4-6-10-19)27(20)25(29)22-11-7-8-12-23(22)26(27)30/h3-16,20,24H,1,17H2,2H3/t20-,24-/m1/s1. The normalized spacial score (nSPS) is 22.0. The van der Waals surface area contributed by atoms with Crippen LogP contribution in [0.2, 0.25) is 0 Å². The molecular weight excluding hydrogens is 434 g/mol. The minimum Gasteiger partial charge on any atom is -0.293 e. The Bertz CT molecular complexity index is 1340. The van der Waals surface area contributed by atoms with Crippen molar-refractivity contribution in [1.29, 1.82) is 0 Å². The molecule has 5 nitrogen and oxygen atoms in total. The summed E-state index contributed by atoms with van der Waals surface area (Å²) in [6, 6.07) is 21.3. The molecule has 1 aliphatic carbocycles. The van der Waals surface area contributed by atoms with Crippen molar-refractivity contribution in [2.75, 3.05) is 6.54 Å². The van der Waals surface area contributed by atoms with E-state index in [1.807, 2.05) is 13.0 Å². The summed E-state index contributed by atoms with van der Waals surface area (Å²) in [5, 5.41) is 0. The maximum Gasteiger partial charge on any atom is 0.243 e. The number of carbonyl (C=O) groups is 2. The van der Waals surface area contributed by atoms with Crippen LogP contribution in [-0.2, 0) is 10.0 Å². The number of sulfonamides is 1. The summed E-state index contributed by atoms with van der Waals surface area (Å²) < 4.78 is 29.1. The van der Waals surface area contributed by atoms with Crippen molar-refractivity contribution in [3.63, 3.8) is 0 Å². The van der Waals surface area contributed by atoms with Gasteiger partial charge < -0.3 is 0 Å². The summed E-state index contributed by atoms with van der Waals surface area (Å²) in [5.41, 5.74) is 0.624. The van der Waals surface area contributed by atoms with Crippen LogP contribution in [0.25, 0.3) is 0 Å². The van der Waals surface area contributed by atoms with E-state index in [0.29, 0.717) is 16.7 Å². The lowest BCUT2D eigenvalue weighted by Crippen LogP contribution is -2.44. The van der Waals surface area contributed by atoms with Crippen molar-refractivity contribution in [3.05, 3.63) is 114 Å². The first kappa shape index (κ1) is 21.5. The number of hydrogen-bond acceptors (Lipinski definition) is 4. The second-order valence-corrected chi connectivity index (χ2v) is 10.5. The van der Waals surface area contributed by atoms with Crippen LogP contribution in [0.15, 0.2) is 96.4 Å². The van der Waals surface area contributed by atoms with Crippen molar-refractivity contribution >= 4 is 21.6 Å². The molecule has 1 aliphatic heterocycles. The predicted molar refractivity (Wildman–Crippen MR) is 125 cm³/mol. The van der Waals surface area contributed by atoms with E-state index in [4.69, 9.17) is 0 Å². The highest BCUT2D eigenvalue weighted by Crippen LogP contribution is 2.59. The molecule has 0 bridgehead atoms. The van der Waals surface area contributed by atoms with E-state index in [-0.39, 0.29) is 23.0 Å². The van der Waals surface area contributed by atoms with E-state index in [1.54, 1.807) is 78.9 Å². The molecule has 0 radical (unpaired) electrons. The van der Waals surface area contributed by atoms with Gasteiger partial charge in [-0.25, -0.2) is 8.42 Å². The van der Waals surface area contributed by atoms with Crippen molar-refractivity contribution in [2.24, 2.45) is 11.3 Å². The molecule has 1 spiro atoms. The lowest BCUT2D eigenvalue weighted by Gasteiger charge is -2.34. The molecule has 1 heterocycles. The van der Waals surface area contributed by atoms with Crippen LogP contribution in [0.5, 0.6) is 0 Å². The third kappa shape index (κ3) is 2.91. The van der Waals surface area contributed by atoms with Gasteiger partial charge >= 0.3 is 0 Å². The Morgan fingerprint density at radius 1 is 0.879 bits per heavy atom. The fourth-order valence-corrected chi connectivity index (χ4v) is 6.97. The van der Waals surface area contributed by atoms with Gasteiger partial charge in [0.2, 0.25) is 10.0 Å². The summed E-state index contributed by atoms with van der Waals surface area (Å²) in [4.78, 5) is 28.0. The molecule has 5 rings (SSSR count). The van der Waals surface area contributed by atoms with Crippen LogP contribution in [-0.4, -0.2) is 30.8 Å². The first-order valence-corrected chi connectivity index (χ1v) is 12.2. The smallest absolute Gasteiger partial charge is 0.243 e. The van der Waals surface area contributed by atoms with Crippen LogP contribution < -0.4 is 0 Å². The summed E-state index contributed by atoms with van der Waals surface area (Å²) in [6.07, 6.45) is 1.56. The average molecular weight is 458 g/mol. The maximum atomic E-state index is 13.9. The average Bonchev–Trinajstić information content (AvgIpc) is 3.30. The minimum absolute atomic E-state index is 0.00919. The molecule has 166 valence electrons. The zero-order valence-corrected chi connectivity index (χ0v) is 19.0. The van der Waals surface area contributed by atoms with Crippen LogP contribution in [0.1, 0.15) is 37.9 Å². The van der Waals surface area contributed by atoms with Crippen LogP contribution >= 0.6 is 0 Å². The number of ketones is 2. The SMILES string of the molecule is C=C[C@@H]1CN(S(=O)(=O)c2ccc(C)cc2)[C@H](c2ccccc2)C12C(=O)c1ccccc1C2=O. The number of nitrogens with zero attached hydrogens (tertiary/aromatic N) is 1. The molecule has 0 amide bonds. The molecule has 0 unspecified atom stereocenters. The Hall–Kier alpha value is -3.35. The zero-order chi connectivity index (χ0) is 23.4. The van der Waals surface area contributed by atoms with Gasteiger partial charge in [-0.15, -0.1) is 6.58 Å². The highest BCUT2D eigenvalue weighted by molar-refractivity contribution is 7.89. The van der Waals surface area contributed by atoms with Gasteiger partial charge in [0.1, 0.15) is 5.41 Å². The molecule has 0 saturated carbocycles. The Balaban J connectivity index is 1.77. The molecule has 1 saturated heterocycles. The first-order chi connectivity index (χ1) is 15.8. The van der Waals surface area contributed by atoms with Gasteiger partial charge in [-0.3, -0.25) is 9.59 Å². The third-order valence-electron chi connectivity index (χ3n) is 6.88. The maximum absolute atomic E-state index is 13.9. The topological polar surface area (TPSA) is 71.5 Å². The van der Waals surface area contributed by atoms with Crippen molar-refractivity contribution in [2.45, 2.75) is 17.9 Å². The predicted octanol–water partition coefficient (Wildman–Crippen LogP) is 4.61. The number of aryl methyl sites for hydroxylation is 1. The Labute approximate surface area is 193 Å². The fraction of sp³-hybridized carbons (Fsp3) is 0.185. The highest BCUT2D eigenvalue weighted by atomic mass is 32.2. The zero-order valence-electron chi connectivity index (χ0n) is 18.1. The van der Waals surface area contributed by atoms with E-state index in [0.717, 1.165) is 5.56 Å². The van der Waals surface area contributed by atoms with E-state index in [9.17, 15) is 18.0 Å². The van der Waals surface area contributed by atoms with Gasteiger partial charge in [-0.1, -0.05) is 78.4 Å². The lowest BCUT2D eigenvalue weighted by atomic mass is 9.67. The monoisotopic (exact) mass is 457 g/mol. The third-order valence-corrected chi connectivity index (χ3v) is 8.72. The Morgan fingerprint density at radius 2 is 1.42 bits per heavy atom. The van der Waals surface area contributed by atoms with E-state index >= 15 is 0 Å². The van der Waals surface area contributed by atoms with Crippen molar-refractivity contribution in [3.8, 4) is 0 Å². The van der Waals surface area contributed by atoms with E-state index < -0.39 is 27.4 Å².